The molecule has 0 aromatic rings. The zero-order valence-corrected chi connectivity index (χ0v) is 7.70. The summed E-state index contributed by atoms with van der Waals surface area (Å²) in [6.45, 7) is 0.980. The fourth-order valence-electron chi connectivity index (χ4n) is 0.969. The molecule has 0 aromatic heterocycles. The Balaban J connectivity index is 3.65. The molecular formula is C8H16FNO3. The molecule has 0 rings (SSSR count). The fourth-order valence-corrected chi connectivity index (χ4v) is 0.969. The van der Waals surface area contributed by atoms with Gasteiger partial charge in [0.25, 0.3) is 0 Å². The van der Waals surface area contributed by atoms with E-state index in [2.05, 4.69) is 4.74 Å². The van der Waals surface area contributed by atoms with Crippen LogP contribution in [-0.2, 0) is 9.53 Å². The Kier molecular flexibility index (Phi) is 6.44. The lowest BCUT2D eigenvalue weighted by atomic mass is 10.0. The van der Waals surface area contributed by atoms with Crippen LogP contribution < -0.4 is 5.73 Å². The van der Waals surface area contributed by atoms with Crippen molar-refractivity contribution in [1.29, 1.82) is 0 Å². The van der Waals surface area contributed by atoms with Crippen molar-refractivity contribution in [2.24, 2.45) is 11.7 Å². The molecule has 0 bridgehead atoms. The molecule has 0 heterocycles. The molecule has 0 aliphatic rings. The van der Waals surface area contributed by atoms with Crippen LogP contribution in [0, 0.1) is 5.92 Å². The molecule has 0 aromatic carbocycles. The Morgan fingerprint density at radius 1 is 1.62 bits per heavy atom. The second-order valence-electron chi connectivity index (χ2n) is 2.93. The standard InChI is InChI=1S/C8H16FNO3/c1-6(13-5-9)2-3-7(4-10)8(11)12/h6-7H,2-5,10H2,1H3,(H,11,12). The molecule has 2 unspecified atom stereocenters. The van der Waals surface area contributed by atoms with E-state index in [4.69, 9.17) is 10.8 Å². The Morgan fingerprint density at radius 2 is 2.23 bits per heavy atom. The number of ether oxygens (including phenoxy) is 1. The molecule has 4 nitrogen and oxygen atoms in total. The van der Waals surface area contributed by atoms with Crippen molar-refractivity contribution in [3.8, 4) is 0 Å². The highest BCUT2D eigenvalue weighted by Crippen LogP contribution is 2.09. The quantitative estimate of drug-likeness (QED) is 0.626. The highest BCUT2D eigenvalue weighted by atomic mass is 19.1. The minimum absolute atomic E-state index is 0.109. The summed E-state index contributed by atoms with van der Waals surface area (Å²) in [5.41, 5.74) is 5.24. The van der Waals surface area contributed by atoms with Crippen LogP contribution in [0.2, 0.25) is 0 Å². The lowest BCUT2D eigenvalue weighted by Gasteiger charge is -2.13. The van der Waals surface area contributed by atoms with Crippen LogP contribution in [0.5, 0.6) is 0 Å². The average molecular weight is 193 g/mol. The van der Waals surface area contributed by atoms with Gasteiger partial charge in [0.05, 0.1) is 12.0 Å². The van der Waals surface area contributed by atoms with E-state index in [1.807, 2.05) is 0 Å². The molecule has 0 amide bonds. The van der Waals surface area contributed by atoms with Gasteiger partial charge in [-0.05, 0) is 19.8 Å². The van der Waals surface area contributed by atoms with Crippen LogP contribution in [0.25, 0.3) is 0 Å². The lowest BCUT2D eigenvalue weighted by molar-refractivity contribution is -0.141. The summed E-state index contributed by atoms with van der Waals surface area (Å²) in [7, 11) is 0. The molecule has 5 heteroatoms. The Bertz CT molecular complexity index is 154. The Morgan fingerprint density at radius 3 is 2.62 bits per heavy atom. The van der Waals surface area contributed by atoms with Crippen molar-refractivity contribution in [2.75, 3.05) is 13.4 Å². The van der Waals surface area contributed by atoms with Gasteiger partial charge in [-0.25, -0.2) is 4.39 Å². The van der Waals surface area contributed by atoms with Crippen molar-refractivity contribution in [3.05, 3.63) is 0 Å². The van der Waals surface area contributed by atoms with E-state index >= 15 is 0 Å². The Hall–Kier alpha value is -0.680. The smallest absolute Gasteiger partial charge is 0.307 e. The molecule has 78 valence electrons. The first-order valence-electron chi connectivity index (χ1n) is 4.22. The van der Waals surface area contributed by atoms with Crippen LogP contribution in [-0.4, -0.2) is 30.6 Å². The molecule has 0 spiro atoms. The van der Waals surface area contributed by atoms with Crippen LogP contribution >= 0.6 is 0 Å². The van der Waals surface area contributed by atoms with E-state index < -0.39 is 18.7 Å². The number of carbonyl (C=O) groups is 1. The molecule has 2 atom stereocenters. The number of hydrogen-bond acceptors (Lipinski definition) is 3. The predicted molar refractivity (Wildman–Crippen MR) is 45.9 cm³/mol. The largest absolute Gasteiger partial charge is 0.481 e. The van der Waals surface area contributed by atoms with Crippen LogP contribution in [0.4, 0.5) is 4.39 Å². The molecular weight excluding hydrogens is 177 g/mol. The zero-order valence-electron chi connectivity index (χ0n) is 7.70. The van der Waals surface area contributed by atoms with E-state index in [0.29, 0.717) is 12.8 Å². The summed E-state index contributed by atoms with van der Waals surface area (Å²) >= 11 is 0. The second-order valence-corrected chi connectivity index (χ2v) is 2.93. The molecule has 0 aliphatic carbocycles. The summed E-state index contributed by atoms with van der Waals surface area (Å²) in [4.78, 5) is 10.5. The molecule has 13 heavy (non-hydrogen) atoms. The van der Waals surface area contributed by atoms with E-state index in [0.717, 1.165) is 0 Å². The van der Waals surface area contributed by atoms with Gasteiger partial charge in [-0.15, -0.1) is 0 Å². The molecule has 0 saturated heterocycles. The van der Waals surface area contributed by atoms with Crippen LogP contribution in [0.15, 0.2) is 0 Å². The maximum absolute atomic E-state index is 11.6. The number of carboxylic acids is 1. The third kappa shape index (κ3) is 5.54. The SMILES string of the molecule is CC(CCC(CN)C(=O)O)OCF. The van der Waals surface area contributed by atoms with Crippen molar-refractivity contribution in [3.63, 3.8) is 0 Å². The van der Waals surface area contributed by atoms with Gasteiger partial charge in [0.1, 0.15) is 0 Å². The van der Waals surface area contributed by atoms with Crippen molar-refractivity contribution in [1.82, 2.24) is 0 Å². The van der Waals surface area contributed by atoms with Gasteiger partial charge in [-0.2, -0.15) is 0 Å². The zero-order chi connectivity index (χ0) is 10.3. The highest BCUT2D eigenvalue weighted by molar-refractivity contribution is 5.70. The fraction of sp³-hybridized carbons (Fsp3) is 0.875. The van der Waals surface area contributed by atoms with Gasteiger partial charge < -0.3 is 15.6 Å². The molecule has 0 radical (unpaired) electrons. The van der Waals surface area contributed by atoms with Crippen LogP contribution in [0.3, 0.4) is 0 Å². The number of hydrogen-bond donors (Lipinski definition) is 2. The minimum atomic E-state index is -0.907. The van der Waals surface area contributed by atoms with Gasteiger partial charge in [-0.3, -0.25) is 4.79 Å². The third-order valence-corrected chi connectivity index (χ3v) is 1.90. The van der Waals surface area contributed by atoms with Gasteiger partial charge in [0, 0.05) is 6.54 Å². The summed E-state index contributed by atoms with van der Waals surface area (Å²) in [6, 6.07) is 0. The van der Waals surface area contributed by atoms with E-state index in [1.165, 1.54) is 0 Å². The lowest BCUT2D eigenvalue weighted by Crippen LogP contribution is -2.24. The van der Waals surface area contributed by atoms with Gasteiger partial charge in [0.15, 0.2) is 6.86 Å². The van der Waals surface area contributed by atoms with Crippen LogP contribution in [0.1, 0.15) is 19.8 Å². The number of carboxylic acid groups (broad SMARTS) is 1. The summed E-state index contributed by atoms with van der Waals surface area (Å²) in [6.07, 6.45) is 0.684. The molecule has 3 N–H and O–H groups in total. The topological polar surface area (TPSA) is 72.6 Å². The number of rotatable bonds is 7. The number of nitrogens with two attached hydrogens (primary N) is 1. The number of alkyl halides is 1. The second kappa shape index (κ2) is 6.80. The predicted octanol–water partition coefficient (Wildman–Crippen LogP) is 0.758. The summed E-state index contributed by atoms with van der Waals surface area (Å²) in [5.74, 6) is -1.46. The highest BCUT2D eigenvalue weighted by Gasteiger charge is 2.16. The third-order valence-electron chi connectivity index (χ3n) is 1.90. The number of halogens is 1. The van der Waals surface area contributed by atoms with Gasteiger partial charge in [0.2, 0.25) is 0 Å². The van der Waals surface area contributed by atoms with Gasteiger partial charge in [-0.1, -0.05) is 0 Å². The maximum Gasteiger partial charge on any atom is 0.307 e. The minimum Gasteiger partial charge on any atom is -0.481 e. The summed E-state index contributed by atoms with van der Waals surface area (Å²) in [5, 5.41) is 8.62. The normalized spacial score (nSPS) is 15.3. The summed E-state index contributed by atoms with van der Waals surface area (Å²) < 4.78 is 16.3. The monoisotopic (exact) mass is 193 g/mol. The Labute approximate surface area is 76.9 Å². The average Bonchev–Trinajstić information content (AvgIpc) is 2.05. The molecule has 0 aliphatic heterocycles. The first kappa shape index (κ1) is 12.3. The first-order chi connectivity index (χ1) is 6.11. The van der Waals surface area contributed by atoms with Crippen molar-refractivity contribution >= 4 is 5.97 Å². The van der Waals surface area contributed by atoms with E-state index in [-0.39, 0.29) is 12.6 Å². The van der Waals surface area contributed by atoms with Gasteiger partial charge >= 0.3 is 5.97 Å². The maximum atomic E-state index is 11.6. The first-order valence-corrected chi connectivity index (χ1v) is 4.22. The molecule has 0 fully saturated rings. The van der Waals surface area contributed by atoms with E-state index in [1.54, 1.807) is 6.92 Å². The molecule has 0 saturated carbocycles. The van der Waals surface area contributed by atoms with E-state index in [9.17, 15) is 9.18 Å². The van der Waals surface area contributed by atoms with Crippen molar-refractivity contribution < 1.29 is 19.0 Å². The number of aliphatic carboxylic acids is 1. The van der Waals surface area contributed by atoms with Crippen molar-refractivity contribution in [2.45, 2.75) is 25.9 Å².